The number of aliphatic carboxylic acids is 1. The lowest BCUT2D eigenvalue weighted by atomic mass is 10.0. The molecule has 21 heavy (non-hydrogen) atoms. The van der Waals surface area contributed by atoms with Crippen LogP contribution in [0.5, 0.6) is 0 Å². The van der Waals surface area contributed by atoms with Crippen molar-refractivity contribution in [2.45, 2.75) is 69.6 Å². The fourth-order valence-corrected chi connectivity index (χ4v) is 2.09. The number of esters is 1. The van der Waals surface area contributed by atoms with Crippen LogP contribution in [-0.2, 0) is 14.3 Å². The van der Waals surface area contributed by atoms with E-state index in [-0.39, 0.29) is 6.10 Å². The van der Waals surface area contributed by atoms with E-state index in [1.54, 1.807) is 0 Å². The summed E-state index contributed by atoms with van der Waals surface area (Å²) in [6, 6.07) is -1.66. The zero-order chi connectivity index (χ0) is 15.7. The molecule has 3 atom stereocenters. The van der Waals surface area contributed by atoms with Gasteiger partial charge in [-0.05, 0) is 38.5 Å². The van der Waals surface area contributed by atoms with Gasteiger partial charge in [-0.25, -0.2) is 0 Å². The molecular formula is C15H24N2O4. The average Bonchev–Trinajstić information content (AvgIpc) is 2.41. The third kappa shape index (κ3) is 7.11. The summed E-state index contributed by atoms with van der Waals surface area (Å²) in [5, 5.41) is 8.66. The van der Waals surface area contributed by atoms with E-state index in [1.807, 2.05) is 0 Å². The van der Waals surface area contributed by atoms with E-state index in [2.05, 4.69) is 11.8 Å². The first-order valence-corrected chi connectivity index (χ1v) is 7.43. The van der Waals surface area contributed by atoms with Crippen LogP contribution in [0.3, 0.4) is 0 Å². The lowest BCUT2D eigenvalue weighted by Crippen LogP contribution is -2.36. The Hall–Kier alpha value is -1.58. The molecule has 0 fully saturated rings. The Morgan fingerprint density at radius 2 is 1.90 bits per heavy atom. The minimum Gasteiger partial charge on any atom is -0.480 e. The first-order valence-electron chi connectivity index (χ1n) is 7.43. The van der Waals surface area contributed by atoms with Gasteiger partial charge in [0.05, 0.1) is 0 Å². The maximum atomic E-state index is 11.9. The zero-order valence-electron chi connectivity index (χ0n) is 12.2. The Bertz CT molecular complexity index is 414. The molecule has 0 bridgehead atoms. The van der Waals surface area contributed by atoms with Crippen molar-refractivity contribution in [3.8, 4) is 11.8 Å². The van der Waals surface area contributed by atoms with E-state index in [0.29, 0.717) is 19.3 Å². The summed E-state index contributed by atoms with van der Waals surface area (Å²) in [6.07, 6.45) is 5.53. The molecule has 0 spiro atoms. The minimum absolute atomic E-state index is 0.291. The Morgan fingerprint density at radius 1 is 1.19 bits per heavy atom. The second kappa shape index (κ2) is 9.37. The van der Waals surface area contributed by atoms with Crippen LogP contribution in [0.2, 0.25) is 0 Å². The highest BCUT2D eigenvalue weighted by Crippen LogP contribution is 2.12. The normalized spacial score (nSPS) is 21.1. The first kappa shape index (κ1) is 17.5. The van der Waals surface area contributed by atoms with Crippen LogP contribution < -0.4 is 11.5 Å². The lowest BCUT2D eigenvalue weighted by Gasteiger charge is -2.17. The molecule has 1 aliphatic rings. The van der Waals surface area contributed by atoms with Gasteiger partial charge in [-0.1, -0.05) is 18.3 Å². The Labute approximate surface area is 125 Å². The molecule has 2 unspecified atom stereocenters. The van der Waals surface area contributed by atoms with Gasteiger partial charge < -0.3 is 21.3 Å². The van der Waals surface area contributed by atoms with Gasteiger partial charge in [-0.3, -0.25) is 9.59 Å². The monoisotopic (exact) mass is 296 g/mol. The number of carbonyl (C=O) groups excluding carboxylic acids is 1. The zero-order valence-corrected chi connectivity index (χ0v) is 12.2. The molecule has 0 aromatic carbocycles. The third-order valence-electron chi connectivity index (χ3n) is 3.44. The molecular weight excluding hydrogens is 272 g/mol. The predicted molar refractivity (Wildman–Crippen MR) is 78.2 cm³/mol. The van der Waals surface area contributed by atoms with E-state index in [9.17, 15) is 9.59 Å². The van der Waals surface area contributed by atoms with E-state index in [4.69, 9.17) is 21.3 Å². The van der Waals surface area contributed by atoms with Crippen molar-refractivity contribution in [1.29, 1.82) is 0 Å². The van der Waals surface area contributed by atoms with Gasteiger partial charge in [-0.2, -0.15) is 0 Å². The number of rotatable bonds is 7. The molecule has 5 N–H and O–H groups in total. The molecule has 0 aromatic heterocycles. The molecule has 0 saturated carbocycles. The van der Waals surface area contributed by atoms with Crippen molar-refractivity contribution >= 4 is 11.9 Å². The van der Waals surface area contributed by atoms with Crippen molar-refractivity contribution < 1.29 is 19.4 Å². The summed E-state index contributed by atoms with van der Waals surface area (Å²) < 4.78 is 5.31. The Balaban J connectivity index is 2.31. The summed E-state index contributed by atoms with van der Waals surface area (Å²) in [4.78, 5) is 22.4. The summed E-state index contributed by atoms with van der Waals surface area (Å²) in [6.45, 7) is 0. The second-order valence-corrected chi connectivity index (χ2v) is 5.33. The van der Waals surface area contributed by atoms with Crippen LogP contribution in [0.15, 0.2) is 0 Å². The van der Waals surface area contributed by atoms with Crippen molar-refractivity contribution in [3.63, 3.8) is 0 Å². The Morgan fingerprint density at radius 3 is 2.62 bits per heavy atom. The molecule has 1 aliphatic carbocycles. The van der Waals surface area contributed by atoms with Crippen LogP contribution >= 0.6 is 0 Å². The highest BCUT2D eigenvalue weighted by molar-refractivity contribution is 5.76. The van der Waals surface area contributed by atoms with Gasteiger partial charge in [0.15, 0.2) is 6.10 Å². The Kier molecular flexibility index (Phi) is 7.80. The largest absolute Gasteiger partial charge is 0.480 e. The summed E-state index contributed by atoms with van der Waals surface area (Å²) >= 11 is 0. The summed E-state index contributed by atoms with van der Waals surface area (Å²) in [5.41, 5.74) is 11.1. The number of carbonyl (C=O) groups is 2. The standard InChI is InChI=1S/C15H24N2O4/c16-12(14(18)19)9-6-10-13(17)15(20)21-11-7-4-2-1-3-5-8-11/h11-13H,1-4,6-7,9-10,16-17H2,(H,18,19)/t11?,12-,13?/m0/s1. The van der Waals surface area contributed by atoms with Gasteiger partial charge in [0.1, 0.15) is 12.1 Å². The maximum Gasteiger partial charge on any atom is 0.324 e. The molecule has 0 saturated heterocycles. The van der Waals surface area contributed by atoms with Crippen molar-refractivity contribution in [3.05, 3.63) is 0 Å². The van der Waals surface area contributed by atoms with Crippen molar-refractivity contribution in [1.82, 2.24) is 0 Å². The SMILES string of the molecule is NC(CCC[C@H](N)C(=O)O)C(=O)OC1C#CCCCCC1. The van der Waals surface area contributed by atoms with Gasteiger partial charge >= 0.3 is 11.9 Å². The van der Waals surface area contributed by atoms with Gasteiger partial charge in [0.2, 0.25) is 0 Å². The van der Waals surface area contributed by atoms with Crippen molar-refractivity contribution in [2.75, 3.05) is 0 Å². The predicted octanol–water partition coefficient (Wildman–Crippen LogP) is 0.775. The minimum atomic E-state index is -1.05. The molecule has 118 valence electrons. The second-order valence-electron chi connectivity index (χ2n) is 5.33. The molecule has 0 aliphatic heterocycles. The molecule has 0 aromatic rings. The van der Waals surface area contributed by atoms with Crippen LogP contribution in [-0.4, -0.2) is 35.2 Å². The lowest BCUT2D eigenvalue weighted by molar-refractivity contribution is -0.148. The molecule has 1 rings (SSSR count). The molecule has 0 radical (unpaired) electrons. The molecule has 0 amide bonds. The number of hydrogen-bond acceptors (Lipinski definition) is 5. The van der Waals surface area contributed by atoms with E-state index >= 15 is 0 Å². The van der Waals surface area contributed by atoms with Gasteiger partial charge in [-0.15, -0.1) is 0 Å². The maximum absolute atomic E-state index is 11.9. The number of nitrogens with two attached hydrogens (primary N) is 2. The van der Waals surface area contributed by atoms with Crippen LogP contribution in [0.1, 0.15) is 51.4 Å². The van der Waals surface area contributed by atoms with Crippen molar-refractivity contribution in [2.24, 2.45) is 11.5 Å². The van der Waals surface area contributed by atoms with E-state index in [0.717, 1.165) is 32.1 Å². The average molecular weight is 296 g/mol. The van der Waals surface area contributed by atoms with Crippen LogP contribution in [0.4, 0.5) is 0 Å². The molecule has 0 heterocycles. The quantitative estimate of drug-likeness (QED) is 0.472. The fourth-order valence-electron chi connectivity index (χ4n) is 2.09. The third-order valence-corrected chi connectivity index (χ3v) is 3.44. The van der Waals surface area contributed by atoms with Crippen LogP contribution in [0, 0.1) is 11.8 Å². The number of carboxylic acid groups (broad SMARTS) is 1. The summed E-state index contributed by atoms with van der Waals surface area (Å²) in [5.74, 6) is 4.43. The van der Waals surface area contributed by atoms with Crippen LogP contribution in [0.25, 0.3) is 0 Å². The van der Waals surface area contributed by atoms with E-state index < -0.39 is 24.0 Å². The number of ether oxygens (including phenoxy) is 1. The van der Waals surface area contributed by atoms with E-state index in [1.165, 1.54) is 0 Å². The fraction of sp³-hybridized carbons (Fsp3) is 0.733. The molecule has 6 heteroatoms. The highest BCUT2D eigenvalue weighted by Gasteiger charge is 2.20. The summed E-state index contributed by atoms with van der Waals surface area (Å²) in [7, 11) is 0. The highest BCUT2D eigenvalue weighted by atomic mass is 16.5. The van der Waals surface area contributed by atoms with Gasteiger partial charge in [0.25, 0.3) is 0 Å². The number of carboxylic acids is 1. The topological polar surface area (TPSA) is 116 Å². The number of hydrogen-bond donors (Lipinski definition) is 3. The van der Waals surface area contributed by atoms with Gasteiger partial charge in [0, 0.05) is 6.42 Å². The molecule has 6 nitrogen and oxygen atoms in total. The first-order chi connectivity index (χ1) is 10.0. The smallest absolute Gasteiger partial charge is 0.324 e.